The predicted octanol–water partition coefficient (Wildman–Crippen LogP) is 2.23. The van der Waals surface area contributed by atoms with E-state index in [4.69, 9.17) is 5.73 Å². The highest BCUT2D eigenvalue weighted by molar-refractivity contribution is 5.97. The summed E-state index contributed by atoms with van der Waals surface area (Å²) in [7, 11) is 0. The Kier molecular flexibility index (Phi) is 4.35. The van der Waals surface area contributed by atoms with E-state index in [0.29, 0.717) is 18.5 Å². The summed E-state index contributed by atoms with van der Waals surface area (Å²) in [5, 5.41) is 0.548. The zero-order chi connectivity index (χ0) is 19.0. The number of hydrogen-bond acceptors (Lipinski definition) is 5. The number of nitrogens with zero attached hydrogens (tertiary/aromatic N) is 3. The van der Waals surface area contributed by atoms with Gasteiger partial charge in [0, 0.05) is 48.0 Å². The molecule has 0 unspecified atom stereocenters. The van der Waals surface area contributed by atoms with Crippen molar-refractivity contribution in [2.75, 3.05) is 18.8 Å². The highest BCUT2D eigenvalue weighted by Crippen LogP contribution is 2.27. The number of rotatable bonds is 2. The van der Waals surface area contributed by atoms with Crippen molar-refractivity contribution in [2.45, 2.75) is 25.7 Å². The van der Waals surface area contributed by atoms with E-state index >= 15 is 0 Å². The second-order valence-electron chi connectivity index (χ2n) is 6.99. The van der Waals surface area contributed by atoms with E-state index in [1.165, 1.54) is 6.20 Å². The average Bonchev–Trinajstić information content (AvgIpc) is 2.68. The molecule has 0 saturated carbocycles. The first kappa shape index (κ1) is 17.2. The lowest BCUT2D eigenvalue weighted by Gasteiger charge is -2.31. The van der Waals surface area contributed by atoms with Crippen LogP contribution in [0.2, 0.25) is 0 Å². The number of pyridine rings is 1. The molecule has 1 aliphatic heterocycles. The van der Waals surface area contributed by atoms with Crippen LogP contribution in [0.4, 0.5) is 5.95 Å². The van der Waals surface area contributed by atoms with Gasteiger partial charge in [0.2, 0.25) is 11.4 Å². The zero-order valence-corrected chi connectivity index (χ0v) is 15.1. The Bertz CT molecular complexity index is 1070. The van der Waals surface area contributed by atoms with Gasteiger partial charge in [0.25, 0.3) is 5.91 Å². The summed E-state index contributed by atoms with van der Waals surface area (Å²) in [6.45, 7) is 3.09. The molecule has 1 aromatic carbocycles. The zero-order valence-electron chi connectivity index (χ0n) is 15.1. The fourth-order valence-electron chi connectivity index (χ4n) is 3.66. The summed E-state index contributed by atoms with van der Waals surface area (Å²) in [5.41, 5.74) is 8.28. The summed E-state index contributed by atoms with van der Waals surface area (Å²) in [4.78, 5) is 38.7. The molecular weight excluding hydrogens is 342 g/mol. The van der Waals surface area contributed by atoms with E-state index < -0.39 is 0 Å². The van der Waals surface area contributed by atoms with E-state index in [1.54, 1.807) is 11.1 Å². The number of benzene rings is 1. The largest absolute Gasteiger partial charge is 0.368 e. The van der Waals surface area contributed by atoms with Crippen molar-refractivity contribution >= 4 is 22.8 Å². The molecule has 3 heterocycles. The fraction of sp³-hybridized carbons (Fsp3) is 0.300. The van der Waals surface area contributed by atoms with Crippen LogP contribution in [-0.4, -0.2) is 38.8 Å². The van der Waals surface area contributed by atoms with Crippen LogP contribution in [0.25, 0.3) is 10.9 Å². The number of H-pyrrole nitrogens is 1. The molecule has 3 N–H and O–H groups in total. The molecule has 1 aliphatic rings. The smallest absolute Gasteiger partial charge is 0.259 e. The van der Waals surface area contributed by atoms with Crippen molar-refractivity contribution in [3.05, 3.63) is 63.7 Å². The van der Waals surface area contributed by atoms with Gasteiger partial charge in [-0.05, 0) is 38.0 Å². The Morgan fingerprint density at radius 2 is 2.04 bits per heavy atom. The van der Waals surface area contributed by atoms with Crippen molar-refractivity contribution in [3.63, 3.8) is 0 Å². The van der Waals surface area contributed by atoms with Gasteiger partial charge in [-0.1, -0.05) is 11.6 Å². The van der Waals surface area contributed by atoms with E-state index in [-0.39, 0.29) is 28.8 Å². The van der Waals surface area contributed by atoms with Gasteiger partial charge >= 0.3 is 0 Å². The van der Waals surface area contributed by atoms with E-state index in [2.05, 4.69) is 15.0 Å². The van der Waals surface area contributed by atoms with Crippen LogP contribution < -0.4 is 11.2 Å². The summed E-state index contributed by atoms with van der Waals surface area (Å²) in [6, 6.07) is 7.48. The minimum absolute atomic E-state index is 0.192. The maximum atomic E-state index is 12.9. The third kappa shape index (κ3) is 3.28. The maximum Gasteiger partial charge on any atom is 0.259 e. The number of likely N-dealkylation sites (tertiary alicyclic amines) is 1. The van der Waals surface area contributed by atoms with Crippen LogP contribution in [0.1, 0.15) is 40.4 Å². The molecule has 1 fully saturated rings. The molecule has 3 aromatic rings. The molecule has 0 atom stereocenters. The van der Waals surface area contributed by atoms with E-state index in [0.717, 1.165) is 29.6 Å². The molecule has 2 aromatic heterocycles. The molecule has 7 nitrogen and oxygen atoms in total. The molecule has 138 valence electrons. The Balaban J connectivity index is 1.54. The predicted molar refractivity (Wildman–Crippen MR) is 104 cm³/mol. The third-order valence-corrected chi connectivity index (χ3v) is 5.16. The Morgan fingerprint density at radius 3 is 2.78 bits per heavy atom. The number of nitrogens with two attached hydrogens (primary N) is 1. The number of aromatic amines is 1. The van der Waals surface area contributed by atoms with Crippen LogP contribution in [0.15, 0.2) is 41.5 Å². The summed E-state index contributed by atoms with van der Waals surface area (Å²) < 4.78 is 0. The quantitative estimate of drug-likeness (QED) is 0.726. The number of hydrogen-bond donors (Lipinski definition) is 2. The molecular formula is C20H21N5O2. The van der Waals surface area contributed by atoms with Gasteiger partial charge in [0.15, 0.2) is 0 Å². The number of nitrogen functional groups attached to an aromatic ring is 1. The minimum Gasteiger partial charge on any atom is -0.368 e. The number of aromatic nitrogens is 3. The molecule has 27 heavy (non-hydrogen) atoms. The first-order valence-corrected chi connectivity index (χ1v) is 9.02. The summed E-state index contributed by atoms with van der Waals surface area (Å²) in [6.07, 6.45) is 4.75. The molecule has 0 spiro atoms. The summed E-state index contributed by atoms with van der Waals surface area (Å²) >= 11 is 0. The van der Waals surface area contributed by atoms with E-state index in [1.807, 2.05) is 31.2 Å². The number of nitrogens with one attached hydrogen (secondary N) is 1. The van der Waals surface area contributed by atoms with Crippen LogP contribution >= 0.6 is 0 Å². The highest BCUT2D eigenvalue weighted by atomic mass is 16.2. The lowest BCUT2D eigenvalue weighted by atomic mass is 9.93. The number of piperidine rings is 1. The number of carbonyl (C=O) groups excluding carboxylic acids is 1. The number of aryl methyl sites for hydroxylation is 1. The first-order valence-electron chi connectivity index (χ1n) is 9.02. The lowest BCUT2D eigenvalue weighted by Crippen LogP contribution is -2.40. The topological polar surface area (TPSA) is 105 Å². The minimum atomic E-state index is -0.222. The monoisotopic (exact) mass is 363 g/mol. The Morgan fingerprint density at radius 1 is 1.26 bits per heavy atom. The first-order chi connectivity index (χ1) is 13.0. The fourth-order valence-corrected chi connectivity index (χ4v) is 3.66. The summed E-state index contributed by atoms with van der Waals surface area (Å²) in [5.74, 6) is 0.293. The van der Waals surface area contributed by atoms with Crippen LogP contribution in [0, 0.1) is 6.92 Å². The van der Waals surface area contributed by atoms with Crippen molar-refractivity contribution in [2.24, 2.45) is 0 Å². The van der Waals surface area contributed by atoms with Gasteiger partial charge in [0.05, 0.1) is 0 Å². The van der Waals surface area contributed by atoms with E-state index in [9.17, 15) is 9.59 Å². The lowest BCUT2D eigenvalue weighted by molar-refractivity contribution is 0.0710. The SMILES string of the molecule is Cc1ccc2[nH]cc(C(=O)N3CCC(c4ccnc(N)n4)CC3)c(=O)c2c1. The van der Waals surface area contributed by atoms with Crippen molar-refractivity contribution in [3.8, 4) is 0 Å². The Hall–Kier alpha value is -3.22. The number of anilines is 1. The molecule has 0 radical (unpaired) electrons. The standard InChI is InChI=1S/C20H21N5O2/c1-12-2-3-17-14(10-12)18(26)15(11-23-17)19(27)25-8-5-13(6-9-25)16-4-7-22-20(21)24-16/h2-4,7,10-11,13H,5-6,8-9H2,1H3,(H,23,26)(H2,21,22,24). The molecule has 0 bridgehead atoms. The molecule has 1 saturated heterocycles. The van der Waals surface area contributed by atoms with Crippen molar-refractivity contribution in [1.82, 2.24) is 19.9 Å². The number of amides is 1. The Labute approximate surface area is 156 Å². The highest BCUT2D eigenvalue weighted by Gasteiger charge is 2.27. The van der Waals surface area contributed by atoms with Gasteiger partial charge in [-0.2, -0.15) is 0 Å². The van der Waals surface area contributed by atoms with Gasteiger partial charge in [-0.15, -0.1) is 0 Å². The normalized spacial score (nSPS) is 15.2. The second kappa shape index (κ2) is 6.83. The van der Waals surface area contributed by atoms with Gasteiger partial charge in [-0.3, -0.25) is 9.59 Å². The van der Waals surface area contributed by atoms with Crippen molar-refractivity contribution in [1.29, 1.82) is 0 Å². The van der Waals surface area contributed by atoms with Crippen LogP contribution in [0.3, 0.4) is 0 Å². The van der Waals surface area contributed by atoms with Crippen LogP contribution in [0.5, 0.6) is 0 Å². The second-order valence-corrected chi connectivity index (χ2v) is 6.99. The van der Waals surface area contributed by atoms with Gasteiger partial charge in [0.1, 0.15) is 5.56 Å². The molecule has 4 rings (SSSR count). The van der Waals surface area contributed by atoms with Crippen molar-refractivity contribution < 1.29 is 4.79 Å². The molecule has 1 amide bonds. The average molecular weight is 363 g/mol. The van der Waals surface area contributed by atoms with Gasteiger partial charge < -0.3 is 15.6 Å². The van der Waals surface area contributed by atoms with Gasteiger partial charge in [-0.25, -0.2) is 9.97 Å². The maximum absolute atomic E-state index is 12.9. The molecule has 0 aliphatic carbocycles. The number of carbonyl (C=O) groups is 1. The van der Waals surface area contributed by atoms with Crippen LogP contribution in [-0.2, 0) is 0 Å². The molecule has 7 heteroatoms. The third-order valence-electron chi connectivity index (χ3n) is 5.16. The number of fused-ring (bicyclic) bond motifs is 1.